The van der Waals surface area contributed by atoms with Crippen LogP contribution in [0.4, 0.5) is 0 Å². The molecule has 1 aliphatic carbocycles. The molecule has 1 amide bonds. The van der Waals surface area contributed by atoms with E-state index in [1.54, 1.807) is 4.57 Å². The number of aromatic nitrogens is 3. The van der Waals surface area contributed by atoms with Crippen LogP contribution in [0.5, 0.6) is 0 Å². The average molecular weight is 499 g/mol. The van der Waals surface area contributed by atoms with Crippen molar-refractivity contribution in [1.29, 1.82) is 0 Å². The first-order chi connectivity index (χ1) is 16.8. The minimum absolute atomic E-state index is 0.00150. The molecule has 2 fully saturated rings. The summed E-state index contributed by atoms with van der Waals surface area (Å²) in [5.41, 5.74) is 2.71. The number of hydrogen-bond acceptors (Lipinski definition) is 5. The van der Waals surface area contributed by atoms with Crippen LogP contribution in [0.3, 0.4) is 0 Å². The van der Waals surface area contributed by atoms with Crippen molar-refractivity contribution in [1.82, 2.24) is 29.2 Å². The second kappa shape index (κ2) is 10.3. The highest BCUT2D eigenvalue weighted by atomic mass is 16.2. The smallest absolute Gasteiger partial charge is 0.330 e. The maximum Gasteiger partial charge on any atom is 0.330 e. The standard InChI is InChI=1S/C28H46N6O2/c1-27(2,3)19-34-22-9-8-21(29-25(22)32(7)26(34)36)20-10-12-28(4,5)23(18-20)30-24(35)11-13-33-16-14-31(6)15-17-33/h8-9,20,23H,10-19H2,1-7H3,(H,30,35). The monoisotopic (exact) mass is 498 g/mol. The van der Waals surface area contributed by atoms with Crippen molar-refractivity contribution >= 4 is 17.1 Å². The van der Waals surface area contributed by atoms with Gasteiger partial charge in [0, 0.05) is 70.4 Å². The van der Waals surface area contributed by atoms with Gasteiger partial charge in [-0.1, -0.05) is 34.6 Å². The Hall–Kier alpha value is -2.19. The predicted octanol–water partition coefficient (Wildman–Crippen LogP) is 3.20. The van der Waals surface area contributed by atoms with Gasteiger partial charge in [-0.25, -0.2) is 9.78 Å². The van der Waals surface area contributed by atoms with Crippen molar-refractivity contribution in [3.63, 3.8) is 0 Å². The molecule has 2 atom stereocenters. The summed E-state index contributed by atoms with van der Waals surface area (Å²) in [4.78, 5) is 35.6. The molecule has 2 aromatic heterocycles. The molecular weight excluding hydrogens is 452 g/mol. The van der Waals surface area contributed by atoms with Crippen molar-refractivity contribution in [2.75, 3.05) is 39.8 Å². The van der Waals surface area contributed by atoms with Crippen molar-refractivity contribution in [3.05, 3.63) is 28.3 Å². The number of pyridine rings is 1. The molecule has 4 rings (SSSR count). The number of nitrogens with one attached hydrogen (secondary N) is 1. The van der Waals surface area contributed by atoms with Gasteiger partial charge in [0.15, 0.2) is 5.65 Å². The second-order valence-corrected chi connectivity index (χ2v) is 13.0. The van der Waals surface area contributed by atoms with Crippen LogP contribution in [0, 0.1) is 10.8 Å². The summed E-state index contributed by atoms with van der Waals surface area (Å²) in [6, 6.07) is 4.27. The van der Waals surface area contributed by atoms with Gasteiger partial charge < -0.3 is 15.1 Å². The van der Waals surface area contributed by atoms with Crippen molar-refractivity contribution in [2.45, 2.75) is 78.8 Å². The first kappa shape index (κ1) is 26.9. The third-order valence-corrected chi connectivity index (χ3v) is 8.24. The van der Waals surface area contributed by atoms with Crippen molar-refractivity contribution < 1.29 is 4.79 Å². The Bertz CT molecular complexity index is 1130. The van der Waals surface area contributed by atoms with E-state index in [2.05, 4.69) is 68.9 Å². The fraction of sp³-hybridized carbons (Fsp3) is 0.750. The lowest BCUT2D eigenvalue weighted by atomic mass is 9.68. The van der Waals surface area contributed by atoms with E-state index in [1.807, 2.05) is 11.6 Å². The van der Waals surface area contributed by atoms with Crippen LogP contribution in [-0.4, -0.2) is 75.6 Å². The van der Waals surface area contributed by atoms with Crippen LogP contribution in [0.15, 0.2) is 16.9 Å². The first-order valence-corrected chi connectivity index (χ1v) is 13.6. The fourth-order valence-corrected chi connectivity index (χ4v) is 5.70. The zero-order valence-electron chi connectivity index (χ0n) is 23.4. The number of carbonyl (C=O) groups excluding carboxylic acids is 1. The zero-order chi connectivity index (χ0) is 26.3. The van der Waals surface area contributed by atoms with E-state index in [4.69, 9.17) is 4.98 Å². The molecule has 0 spiro atoms. The molecular formula is C28H46N6O2. The summed E-state index contributed by atoms with van der Waals surface area (Å²) in [5, 5.41) is 3.38. The molecule has 2 unspecified atom stereocenters. The Morgan fingerprint density at radius 2 is 1.83 bits per heavy atom. The number of nitrogens with zero attached hydrogens (tertiary/aromatic N) is 5. The molecule has 0 radical (unpaired) electrons. The Kier molecular flexibility index (Phi) is 7.68. The van der Waals surface area contributed by atoms with E-state index in [0.717, 1.165) is 68.8 Å². The van der Waals surface area contributed by atoms with E-state index in [1.165, 1.54) is 0 Å². The van der Waals surface area contributed by atoms with E-state index in [0.29, 0.717) is 13.0 Å². The molecule has 1 saturated heterocycles. The van der Waals surface area contributed by atoms with Gasteiger partial charge in [-0.2, -0.15) is 0 Å². The molecule has 8 nitrogen and oxygen atoms in total. The minimum atomic E-state index is -0.0140. The third kappa shape index (κ3) is 6.02. The first-order valence-electron chi connectivity index (χ1n) is 13.6. The molecule has 3 heterocycles. The topological polar surface area (TPSA) is 75.4 Å². The molecule has 1 N–H and O–H groups in total. The number of fused-ring (bicyclic) bond motifs is 1. The molecule has 2 aromatic rings. The number of likely N-dealkylation sites (N-methyl/N-ethyl adjacent to an activating group) is 1. The molecule has 0 aromatic carbocycles. The van der Waals surface area contributed by atoms with Gasteiger partial charge >= 0.3 is 5.69 Å². The van der Waals surface area contributed by atoms with Crippen molar-refractivity contribution in [2.24, 2.45) is 17.9 Å². The summed E-state index contributed by atoms with van der Waals surface area (Å²) in [5.74, 6) is 0.421. The Balaban J connectivity index is 1.45. The Morgan fingerprint density at radius 1 is 1.14 bits per heavy atom. The quantitative estimate of drug-likeness (QED) is 0.662. The Labute approximate surface area is 216 Å². The van der Waals surface area contributed by atoms with Crippen LogP contribution in [0.2, 0.25) is 0 Å². The van der Waals surface area contributed by atoms with Crippen LogP contribution in [0.1, 0.15) is 71.9 Å². The number of piperazine rings is 1. The van der Waals surface area contributed by atoms with E-state index in [9.17, 15) is 9.59 Å². The highest BCUT2D eigenvalue weighted by Gasteiger charge is 2.38. The lowest BCUT2D eigenvalue weighted by Gasteiger charge is -2.42. The molecule has 2 aliphatic rings. The average Bonchev–Trinajstić information content (AvgIpc) is 3.03. The summed E-state index contributed by atoms with van der Waals surface area (Å²) in [6.07, 6.45) is 3.50. The van der Waals surface area contributed by atoms with Crippen LogP contribution < -0.4 is 11.0 Å². The molecule has 36 heavy (non-hydrogen) atoms. The summed E-state index contributed by atoms with van der Waals surface area (Å²) >= 11 is 0. The summed E-state index contributed by atoms with van der Waals surface area (Å²) in [6.45, 7) is 16.7. The van der Waals surface area contributed by atoms with E-state index < -0.39 is 0 Å². The number of carbonyl (C=O) groups is 1. The maximum absolute atomic E-state index is 12.9. The number of rotatable bonds is 6. The molecule has 8 heteroatoms. The highest BCUT2D eigenvalue weighted by molar-refractivity contribution is 5.76. The number of hydrogen-bond donors (Lipinski definition) is 1. The summed E-state index contributed by atoms with van der Waals surface area (Å²) in [7, 11) is 3.97. The van der Waals surface area contributed by atoms with Gasteiger partial charge in [0.05, 0.1) is 5.52 Å². The fourth-order valence-electron chi connectivity index (χ4n) is 5.70. The molecule has 200 valence electrons. The lowest BCUT2D eigenvalue weighted by Crippen LogP contribution is -2.49. The maximum atomic E-state index is 12.9. The number of amides is 1. The van der Waals surface area contributed by atoms with Crippen LogP contribution in [0.25, 0.3) is 11.2 Å². The van der Waals surface area contributed by atoms with Gasteiger partial charge in [-0.3, -0.25) is 13.9 Å². The second-order valence-electron chi connectivity index (χ2n) is 13.0. The number of aryl methyl sites for hydroxylation is 1. The molecule has 1 aliphatic heterocycles. The van der Waals surface area contributed by atoms with E-state index in [-0.39, 0.29) is 34.4 Å². The predicted molar refractivity (Wildman–Crippen MR) is 145 cm³/mol. The number of imidazole rings is 1. The highest BCUT2D eigenvalue weighted by Crippen LogP contribution is 2.42. The normalized spacial score (nSPS) is 23.8. The molecule has 0 bridgehead atoms. The van der Waals surface area contributed by atoms with Gasteiger partial charge in [0.2, 0.25) is 5.91 Å². The largest absolute Gasteiger partial charge is 0.353 e. The van der Waals surface area contributed by atoms with Crippen LogP contribution in [-0.2, 0) is 18.4 Å². The Morgan fingerprint density at radius 3 is 2.50 bits per heavy atom. The van der Waals surface area contributed by atoms with E-state index >= 15 is 0 Å². The van der Waals surface area contributed by atoms with Gasteiger partial charge in [0.25, 0.3) is 0 Å². The van der Waals surface area contributed by atoms with Gasteiger partial charge in [-0.05, 0) is 49.3 Å². The third-order valence-electron chi connectivity index (χ3n) is 8.24. The van der Waals surface area contributed by atoms with Gasteiger partial charge in [-0.15, -0.1) is 0 Å². The van der Waals surface area contributed by atoms with Crippen LogP contribution >= 0.6 is 0 Å². The summed E-state index contributed by atoms with van der Waals surface area (Å²) < 4.78 is 3.52. The SMILES string of the molecule is CN1CCN(CCC(=O)NC2CC(c3ccc4c(n3)n(C)c(=O)n4CC(C)(C)C)CCC2(C)C)CC1. The minimum Gasteiger partial charge on any atom is -0.353 e. The molecule has 1 saturated carbocycles. The van der Waals surface area contributed by atoms with Crippen molar-refractivity contribution in [3.8, 4) is 0 Å². The lowest BCUT2D eigenvalue weighted by molar-refractivity contribution is -0.123. The van der Waals surface area contributed by atoms with Gasteiger partial charge in [0.1, 0.15) is 0 Å². The zero-order valence-corrected chi connectivity index (χ0v) is 23.4.